The van der Waals surface area contributed by atoms with Crippen LogP contribution in [0.25, 0.3) is 10.9 Å². The Morgan fingerprint density at radius 1 is 1.23 bits per heavy atom. The van der Waals surface area contributed by atoms with E-state index in [2.05, 4.69) is 37.0 Å². The molecular weight excluding hydrogens is 527 g/mol. The Bertz CT molecular complexity index is 1400. The molecular formula is C27H28ClFN6O4. The number of anilines is 3. The first-order valence-corrected chi connectivity index (χ1v) is 13.0. The maximum atomic E-state index is 13.6. The number of cyclic esters (lactones) is 1. The first kappa shape index (κ1) is 26.8. The van der Waals surface area contributed by atoms with Crippen molar-refractivity contribution in [3.63, 3.8) is 0 Å². The first-order chi connectivity index (χ1) is 18.9. The van der Waals surface area contributed by atoms with Crippen molar-refractivity contribution in [2.75, 3.05) is 56.6 Å². The third-order valence-corrected chi connectivity index (χ3v) is 7.08. The third-order valence-electron chi connectivity index (χ3n) is 6.79. The lowest BCUT2D eigenvalue weighted by Gasteiger charge is -2.36. The molecule has 2 aromatic carbocycles. The van der Waals surface area contributed by atoms with Crippen LogP contribution in [0.3, 0.4) is 0 Å². The van der Waals surface area contributed by atoms with Gasteiger partial charge in [-0.2, -0.15) is 0 Å². The van der Waals surface area contributed by atoms with E-state index in [-0.39, 0.29) is 22.9 Å². The van der Waals surface area contributed by atoms with Crippen molar-refractivity contribution in [1.82, 2.24) is 19.8 Å². The van der Waals surface area contributed by atoms with Gasteiger partial charge in [0.15, 0.2) is 0 Å². The molecule has 1 atom stereocenters. The van der Waals surface area contributed by atoms with E-state index in [4.69, 9.17) is 21.1 Å². The molecule has 1 aromatic heterocycles. The van der Waals surface area contributed by atoms with Gasteiger partial charge in [0.05, 0.1) is 28.7 Å². The van der Waals surface area contributed by atoms with E-state index in [9.17, 15) is 14.0 Å². The summed E-state index contributed by atoms with van der Waals surface area (Å²) in [7, 11) is 0. The number of fused-ring (bicyclic) bond motifs is 1. The summed E-state index contributed by atoms with van der Waals surface area (Å²) in [6, 6.07) is 7.92. The normalized spacial score (nSPS) is 18.1. The van der Waals surface area contributed by atoms with Gasteiger partial charge in [0, 0.05) is 49.9 Å². The van der Waals surface area contributed by atoms with Crippen LogP contribution >= 0.6 is 11.6 Å². The summed E-state index contributed by atoms with van der Waals surface area (Å²) in [4.78, 5) is 36.9. The van der Waals surface area contributed by atoms with Crippen LogP contribution in [-0.2, 0) is 14.3 Å². The maximum Gasteiger partial charge on any atom is 0.307 e. The van der Waals surface area contributed by atoms with Crippen molar-refractivity contribution in [1.29, 1.82) is 0 Å². The highest BCUT2D eigenvalue weighted by molar-refractivity contribution is 6.31. The van der Waals surface area contributed by atoms with Crippen LogP contribution in [-0.4, -0.2) is 83.6 Å². The summed E-state index contributed by atoms with van der Waals surface area (Å²) >= 11 is 5.92. The fourth-order valence-electron chi connectivity index (χ4n) is 4.67. The topological polar surface area (TPSA) is 109 Å². The fraction of sp³-hybridized carbons (Fsp3) is 0.333. The van der Waals surface area contributed by atoms with Crippen molar-refractivity contribution in [2.24, 2.45) is 0 Å². The van der Waals surface area contributed by atoms with Crippen LogP contribution in [0.1, 0.15) is 6.42 Å². The summed E-state index contributed by atoms with van der Waals surface area (Å²) in [5, 5.41) is 6.53. The number of piperazine rings is 1. The summed E-state index contributed by atoms with van der Waals surface area (Å²) in [6.45, 7) is 8.56. The molecule has 5 rings (SSSR count). The monoisotopic (exact) mass is 554 g/mol. The van der Waals surface area contributed by atoms with Gasteiger partial charge in [-0.1, -0.05) is 18.2 Å². The fourth-order valence-corrected chi connectivity index (χ4v) is 4.85. The maximum absolute atomic E-state index is 13.6. The van der Waals surface area contributed by atoms with Crippen molar-refractivity contribution >= 4 is 51.6 Å². The predicted octanol–water partition coefficient (Wildman–Crippen LogP) is 3.60. The molecule has 2 aliphatic heterocycles. The van der Waals surface area contributed by atoms with E-state index < -0.39 is 5.82 Å². The van der Waals surface area contributed by atoms with Crippen LogP contribution in [0.15, 0.2) is 49.3 Å². The molecule has 2 fully saturated rings. The molecule has 204 valence electrons. The Balaban J connectivity index is 1.28. The second-order valence-corrected chi connectivity index (χ2v) is 9.71. The Hall–Kier alpha value is -3.80. The van der Waals surface area contributed by atoms with Gasteiger partial charge in [-0.3, -0.25) is 19.4 Å². The zero-order valence-electron chi connectivity index (χ0n) is 21.2. The second kappa shape index (κ2) is 11.9. The molecule has 10 nitrogen and oxygen atoms in total. The zero-order valence-corrected chi connectivity index (χ0v) is 21.9. The van der Waals surface area contributed by atoms with Gasteiger partial charge in [0.2, 0.25) is 5.91 Å². The number of nitrogens with one attached hydrogen (secondary N) is 2. The molecule has 0 radical (unpaired) electrons. The van der Waals surface area contributed by atoms with E-state index in [1.165, 1.54) is 24.5 Å². The number of benzene rings is 2. The van der Waals surface area contributed by atoms with Crippen LogP contribution < -0.4 is 15.4 Å². The van der Waals surface area contributed by atoms with E-state index in [0.29, 0.717) is 60.0 Å². The number of hydrogen-bond acceptors (Lipinski definition) is 9. The lowest BCUT2D eigenvalue weighted by Crippen LogP contribution is -2.51. The molecule has 0 aliphatic carbocycles. The average molecular weight is 555 g/mol. The molecule has 3 aromatic rings. The molecule has 39 heavy (non-hydrogen) atoms. The van der Waals surface area contributed by atoms with Crippen LogP contribution in [0.4, 0.5) is 21.6 Å². The number of amides is 1. The largest absolute Gasteiger partial charge is 0.490 e. The Labute approximate surface area is 229 Å². The lowest BCUT2D eigenvalue weighted by atomic mass is 10.1. The Morgan fingerprint density at radius 2 is 2.05 bits per heavy atom. The number of hydrogen-bond donors (Lipinski definition) is 2. The number of nitrogens with zero attached hydrogens (tertiary/aromatic N) is 4. The third kappa shape index (κ3) is 6.44. The first-order valence-electron chi connectivity index (χ1n) is 12.6. The lowest BCUT2D eigenvalue weighted by molar-refractivity contribution is -0.137. The number of esters is 1. The van der Waals surface area contributed by atoms with Crippen LogP contribution in [0.5, 0.6) is 5.75 Å². The summed E-state index contributed by atoms with van der Waals surface area (Å²) < 4.78 is 24.8. The minimum atomic E-state index is -0.521. The summed E-state index contributed by atoms with van der Waals surface area (Å²) in [6.07, 6.45) is 3.05. The van der Waals surface area contributed by atoms with E-state index >= 15 is 0 Å². The molecule has 0 saturated carbocycles. The number of halogens is 2. The number of ether oxygens (including phenoxy) is 2. The predicted molar refractivity (Wildman–Crippen MR) is 146 cm³/mol. The molecule has 2 saturated heterocycles. The standard InChI is InChI=1S/C27H28ClFN6O4/c1-2-25(36)33-23-13-19-22(30-16-31-27(19)32-17-3-4-21(29)20(28)11-17)14-24(23)38-10-9-34-5-7-35(8-6-34)18-12-26(37)39-15-18/h2-4,11,13-14,16,18H,1,5-10,12,15H2,(H,33,36)(H,30,31,32). The van der Waals surface area contributed by atoms with Gasteiger partial charge in [-0.15, -0.1) is 0 Å². The highest BCUT2D eigenvalue weighted by atomic mass is 35.5. The second-order valence-electron chi connectivity index (χ2n) is 9.30. The van der Waals surface area contributed by atoms with Crippen molar-refractivity contribution in [3.8, 4) is 5.75 Å². The van der Waals surface area contributed by atoms with Crippen LogP contribution in [0.2, 0.25) is 5.02 Å². The number of aromatic nitrogens is 2. The van der Waals surface area contributed by atoms with E-state index in [1.807, 2.05) is 0 Å². The Kier molecular flexibility index (Phi) is 8.20. The quantitative estimate of drug-likeness (QED) is 0.303. The molecule has 1 amide bonds. The summed E-state index contributed by atoms with van der Waals surface area (Å²) in [5.74, 6) is -0.115. The molecule has 3 heterocycles. The zero-order chi connectivity index (χ0) is 27.4. The van der Waals surface area contributed by atoms with Crippen molar-refractivity contribution in [2.45, 2.75) is 12.5 Å². The number of carbonyl (C=O) groups is 2. The molecule has 0 bridgehead atoms. The van der Waals surface area contributed by atoms with Crippen molar-refractivity contribution in [3.05, 3.63) is 60.2 Å². The minimum absolute atomic E-state index is 0.0166. The minimum Gasteiger partial charge on any atom is -0.490 e. The molecule has 1 unspecified atom stereocenters. The highest BCUT2D eigenvalue weighted by Crippen LogP contribution is 2.34. The van der Waals surface area contributed by atoms with Gasteiger partial charge in [0.25, 0.3) is 0 Å². The van der Waals surface area contributed by atoms with E-state index in [1.54, 1.807) is 18.2 Å². The molecule has 0 spiro atoms. The van der Waals surface area contributed by atoms with Gasteiger partial charge >= 0.3 is 5.97 Å². The van der Waals surface area contributed by atoms with Gasteiger partial charge in [-0.05, 0) is 30.3 Å². The van der Waals surface area contributed by atoms with Crippen molar-refractivity contribution < 1.29 is 23.5 Å². The number of carbonyl (C=O) groups excluding carboxylic acids is 2. The van der Waals surface area contributed by atoms with Gasteiger partial charge in [-0.25, -0.2) is 14.4 Å². The molecule has 2 aliphatic rings. The highest BCUT2D eigenvalue weighted by Gasteiger charge is 2.31. The molecule has 2 N–H and O–H groups in total. The Morgan fingerprint density at radius 3 is 2.77 bits per heavy atom. The van der Waals surface area contributed by atoms with E-state index in [0.717, 1.165) is 26.2 Å². The SMILES string of the molecule is C=CC(=O)Nc1cc2c(Nc3ccc(F)c(Cl)c3)ncnc2cc1OCCN1CCN(C2COC(=O)C2)CC1. The van der Waals surface area contributed by atoms with Gasteiger partial charge in [0.1, 0.15) is 36.9 Å². The summed E-state index contributed by atoms with van der Waals surface area (Å²) in [5.41, 5.74) is 1.58. The molecule has 12 heteroatoms. The van der Waals surface area contributed by atoms with Gasteiger partial charge < -0.3 is 20.1 Å². The average Bonchev–Trinajstić information content (AvgIpc) is 3.37. The van der Waals surface area contributed by atoms with Crippen LogP contribution in [0, 0.1) is 5.82 Å². The number of rotatable bonds is 9. The smallest absolute Gasteiger partial charge is 0.307 e.